The predicted octanol–water partition coefficient (Wildman–Crippen LogP) is 2.03. The van der Waals surface area contributed by atoms with E-state index >= 15 is 0 Å². The second kappa shape index (κ2) is 8.69. The summed E-state index contributed by atoms with van der Waals surface area (Å²) in [5, 5.41) is 6.57. The van der Waals surface area contributed by atoms with E-state index in [1.165, 1.54) is 5.56 Å². The van der Waals surface area contributed by atoms with Crippen molar-refractivity contribution < 1.29 is 4.74 Å². The second-order valence-electron chi connectivity index (χ2n) is 4.15. The van der Waals surface area contributed by atoms with E-state index in [-0.39, 0.29) is 0 Å². The number of thioether (sulfide) groups is 1. The molecule has 1 rings (SSSR count). The maximum absolute atomic E-state index is 5.25. The van der Waals surface area contributed by atoms with Gasteiger partial charge in [-0.3, -0.25) is 4.99 Å². The number of guanidine groups is 1. The number of ether oxygens (including phenoxy) is 1. The van der Waals surface area contributed by atoms with Crippen LogP contribution in [0.4, 0.5) is 0 Å². The van der Waals surface area contributed by atoms with Crippen LogP contribution in [0.15, 0.2) is 23.2 Å². The van der Waals surface area contributed by atoms with Crippen LogP contribution in [0.5, 0.6) is 5.75 Å². The van der Waals surface area contributed by atoms with Crippen molar-refractivity contribution in [2.24, 2.45) is 4.99 Å². The Balaban J connectivity index is 2.48. The minimum Gasteiger partial charge on any atom is -0.496 e. The van der Waals surface area contributed by atoms with Crippen molar-refractivity contribution in [1.82, 2.24) is 10.6 Å². The maximum Gasteiger partial charge on any atom is 0.191 e. The molecule has 5 heteroatoms. The first kappa shape index (κ1) is 15.7. The Hall–Kier alpha value is -1.36. The summed E-state index contributed by atoms with van der Waals surface area (Å²) >= 11 is 1.82. The van der Waals surface area contributed by atoms with E-state index in [0.29, 0.717) is 0 Å². The van der Waals surface area contributed by atoms with Crippen molar-refractivity contribution in [3.05, 3.63) is 29.3 Å². The number of aliphatic imine (C=N–C) groups is 1. The Morgan fingerprint density at radius 1 is 1.37 bits per heavy atom. The van der Waals surface area contributed by atoms with Crippen molar-refractivity contribution >= 4 is 17.7 Å². The van der Waals surface area contributed by atoms with Crippen LogP contribution < -0.4 is 15.4 Å². The van der Waals surface area contributed by atoms with Crippen molar-refractivity contribution in [3.8, 4) is 5.75 Å². The molecule has 0 radical (unpaired) electrons. The van der Waals surface area contributed by atoms with Crippen LogP contribution in [-0.2, 0) is 6.54 Å². The summed E-state index contributed by atoms with van der Waals surface area (Å²) in [4.78, 5) is 4.19. The summed E-state index contributed by atoms with van der Waals surface area (Å²) in [6.07, 6.45) is 2.10. The number of benzene rings is 1. The van der Waals surface area contributed by atoms with Crippen LogP contribution in [0.1, 0.15) is 11.1 Å². The van der Waals surface area contributed by atoms with Crippen LogP contribution in [0.3, 0.4) is 0 Å². The third-order valence-corrected chi connectivity index (χ3v) is 3.35. The van der Waals surface area contributed by atoms with Gasteiger partial charge in [0, 0.05) is 25.9 Å². The van der Waals surface area contributed by atoms with E-state index in [1.54, 1.807) is 14.2 Å². The lowest BCUT2D eigenvalue weighted by molar-refractivity contribution is 0.411. The van der Waals surface area contributed by atoms with E-state index in [9.17, 15) is 0 Å². The van der Waals surface area contributed by atoms with Crippen molar-refractivity contribution in [2.75, 3.05) is 32.7 Å². The lowest BCUT2D eigenvalue weighted by Crippen LogP contribution is -2.37. The van der Waals surface area contributed by atoms with Crippen molar-refractivity contribution in [2.45, 2.75) is 13.5 Å². The Morgan fingerprint density at radius 3 is 2.74 bits per heavy atom. The smallest absolute Gasteiger partial charge is 0.191 e. The lowest BCUT2D eigenvalue weighted by Gasteiger charge is -2.12. The molecule has 0 amide bonds. The lowest BCUT2D eigenvalue weighted by atomic mass is 10.1. The fourth-order valence-corrected chi connectivity index (χ4v) is 2.03. The maximum atomic E-state index is 5.25. The first-order chi connectivity index (χ1) is 9.21. The SMILES string of the molecule is CN=C(NCCSC)NCc1ccc(OC)c(C)c1. The zero-order valence-corrected chi connectivity index (χ0v) is 12.9. The Kier molecular flexibility index (Phi) is 7.18. The molecule has 0 aliphatic carbocycles. The van der Waals surface area contributed by atoms with E-state index in [1.807, 2.05) is 24.8 Å². The molecule has 0 saturated heterocycles. The number of hydrogen-bond acceptors (Lipinski definition) is 3. The number of nitrogens with one attached hydrogen (secondary N) is 2. The molecular formula is C14H23N3OS. The molecule has 2 N–H and O–H groups in total. The molecule has 1 aromatic carbocycles. The molecule has 0 fully saturated rings. The van der Waals surface area contributed by atoms with Gasteiger partial charge in [0.15, 0.2) is 5.96 Å². The van der Waals surface area contributed by atoms with Gasteiger partial charge in [-0.25, -0.2) is 0 Å². The quantitative estimate of drug-likeness (QED) is 0.476. The summed E-state index contributed by atoms with van der Waals surface area (Å²) in [7, 11) is 3.48. The molecule has 0 aliphatic heterocycles. The molecule has 106 valence electrons. The second-order valence-corrected chi connectivity index (χ2v) is 5.13. The van der Waals surface area contributed by atoms with Gasteiger partial charge in [0.05, 0.1) is 7.11 Å². The Labute approximate surface area is 120 Å². The van der Waals surface area contributed by atoms with Crippen LogP contribution in [0, 0.1) is 6.92 Å². The molecular weight excluding hydrogens is 258 g/mol. The highest BCUT2D eigenvalue weighted by Gasteiger charge is 2.01. The van der Waals surface area contributed by atoms with E-state index in [2.05, 4.69) is 34.0 Å². The molecule has 0 aromatic heterocycles. The van der Waals surface area contributed by atoms with Gasteiger partial charge in [0.2, 0.25) is 0 Å². The van der Waals surface area contributed by atoms with Crippen LogP contribution in [-0.4, -0.2) is 38.7 Å². The van der Waals surface area contributed by atoms with E-state index < -0.39 is 0 Å². The van der Waals surface area contributed by atoms with Gasteiger partial charge in [0.1, 0.15) is 5.75 Å². The first-order valence-electron chi connectivity index (χ1n) is 6.28. The number of methoxy groups -OCH3 is 1. The monoisotopic (exact) mass is 281 g/mol. The average Bonchev–Trinajstić information content (AvgIpc) is 2.43. The zero-order chi connectivity index (χ0) is 14.1. The van der Waals surface area contributed by atoms with E-state index in [0.717, 1.165) is 36.1 Å². The van der Waals surface area contributed by atoms with Gasteiger partial charge in [-0.05, 0) is 30.4 Å². The molecule has 19 heavy (non-hydrogen) atoms. The molecule has 0 saturated carbocycles. The third kappa shape index (κ3) is 5.42. The number of rotatable bonds is 6. The van der Waals surface area contributed by atoms with Gasteiger partial charge >= 0.3 is 0 Å². The van der Waals surface area contributed by atoms with Gasteiger partial charge < -0.3 is 15.4 Å². The fourth-order valence-electron chi connectivity index (χ4n) is 1.73. The Morgan fingerprint density at radius 2 is 2.16 bits per heavy atom. The van der Waals surface area contributed by atoms with Gasteiger partial charge in [-0.1, -0.05) is 12.1 Å². The highest BCUT2D eigenvalue weighted by Crippen LogP contribution is 2.18. The minimum absolute atomic E-state index is 0.754. The average molecular weight is 281 g/mol. The molecule has 1 aromatic rings. The molecule has 0 heterocycles. The normalized spacial score (nSPS) is 11.3. The third-order valence-electron chi connectivity index (χ3n) is 2.74. The molecule has 0 unspecified atom stereocenters. The van der Waals surface area contributed by atoms with Crippen LogP contribution >= 0.6 is 11.8 Å². The predicted molar refractivity (Wildman–Crippen MR) is 84.3 cm³/mol. The molecule has 0 bridgehead atoms. The van der Waals surface area contributed by atoms with Crippen LogP contribution in [0.2, 0.25) is 0 Å². The largest absolute Gasteiger partial charge is 0.496 e. The van der Waals surface area contributed by atoms with Crippen LogP contribution in [0.25, 0.3) is 0 Å². The highest BCUT2D eigenvalue weighted by atomic mass is 32.2. The Bertz CT molecular complexity index is 421. The number of hydrogen-bond donors (Lipinski definition) is 2. The van der Waals surface area contributed by atoms with Gasteiger partial charge in [0.25, 0.3) is 0 Å². The summed E-state index contributed by atoms with van der Waals surface area (Å²) in [6.45, 7) is 3.72. The topological polar surface area (TPSA) is 45.7 Å². The van der Waals surface area contributed by atoms with Crippen molar-refractivity contribution in [1.29, 1.82) is 0 Å². The van der Waals surface area contributed by atoms with Crippen molar-refractivity contribution in [3.63, 3.8) is 0 Å². The van der Waals surface area contributed by atoms with Gasteiger partial charge in [-0.2, -0.15) is 11.8 Å². The number of nitrogens with zero attached hydrogens (tertiary/aromatic N) is 1. The first-order valence-corrected chi connectivity index (χ1v) is 7.67. The minimum atomic E-state index is 0.754. The summed E-state index contributed by atoms with van der Waals surface area (Å²) < 4.78 is 5.25. The van der Waals surface area contributed by atoms with Gasteiger partial charge in [-0.15, -0.1) is 0 Å². The molecule has 0 aliphatic rings. The molecule has 4 nitrogen and oxygen atoms in total. The molecule has 0 spiro atoms. The summed E-state index contributed by atoms with van der Waals surface area (Å²) in [6, 6.07) is 6.19. The number of aryl methyl sites for hydroxylation is 1. The zero-order valence-electron chi connectivity index (χ0n) is 12.1. The van der Waals surface area contributed by atoms with E-state index in [4.69, 9.17) is 4.74 Å². The summed E-state index contributed by atoms with van der Waals surface area (Å²) in [5.41, 5.74) is 2.36. The molecule has 0 atom stereocenters. The highest BCUT2D eigenvalue weighted by molar-refractivity contribution is 7.98. The fraction of sp³-hybridized carbons (Fsp3) is 0.500. The summed E-state index contributed by atoms with van der Waals surface area (Å²) in [5.74, 6) is 2.83. The standard InChI is InChI=1S/C14H23N3OS/c1-11-9-12(5-6-13(11)18-3)10-17-14(15-2)16-7-8-19-4/h5-6,9H,7-8,10H2,1-4H3,(H2,15,16,17).